The standard InChI is InChI=1S/C24H22FN3O/c1-15-5-10-23(16(2)11-15)28-17(3)12-19(18(28)4)13-20(14-26)24(29)27-22-8-6-21(25)7-9-22/h5-13H,1-4H3,(H,27,29)/b20-13-. The Bertz CT molecular complexity index is 1150. The average Bonchev–Trinajstić information content (AvgIpc) is 2.95. The fourth-order valence-electron chi connectivity index (χ4n) is 3.40. The van der Waals surface area contributed by atoms with E-state index in [0.717, 1.165) is 28.2 Å². The largest absolute Gasteiger partial charge is 0.321 e. The van der Waals surface area contributed by atoms with Crippen LogP contribution in [-0.2, 0) is 4.79 Å². The molecule has 2 aromatic carbocycles. The zero-order chi connectivity index (χ0) is 21.1. The first-order valence-corrected chi connectivity index (χ1v) is 9.25. The molecule has 3 aromatic rings. The van der Waals surface area contributed by atoms with Crippen molar-refractivity contribution in [3.8, 4) is 11.8 Å². The monoisotopic (exact) mass is 387 g/mol. The Kier molecular flexibility index (Phi) is 5.65. The molecule has 1 aromatic heterocycles. The molecule has 1 heterocycles. The summed E-state index contributed by atoms with van der Waals surface area (Å²) in [5.41, 5.74) is 6.57. The Morgan fingerprint density at radius 1 is 1.07 bits per heavy atom. The number of hydrogen-bond donors (Lipinski definition) is 1. The van der Waals surface area contributed by atoms with Crippen LogP contribution in [0.1, 0.15) is 28.1 Å². The number of nitrogens with one attached hydrogen (secondary N) is 1. The van der Waals surface area contributed by atoms with Gasteiger partial charge in [0.15, 0.2) is 0 Å². The molecule has 0 aliphatic rings. The second-order valence-corrected chi connectivity index (χ2v) is 7.08. The molecule has 29 heavy (non-hydrogen) atoms. The van der Waals surface area contributed by atoms with Crippen LogP contribution in [0.25, 0.3) is 11.8 Å². The van der Waals surface area contributed by atoms with E-state index in [0.29, 0.717) is 5.69 Å². The molecule has 1 N–H and O–H groups in total. The van der Waals surface area contributed by atoms with E-state index in [1.807, 2.05) is 26.0 Å². The number of carbonyl (C=O) groups is 1. The van der Waals surface area contributed by atoms with E-state index in [1.165, 1.54) is 29.8 Å². The summed E-state index contributed by atoms with van der Waals surface area (Å²) in [6, 6.07) is 15.6. The molecule has 0 saturated carbocycles. The lowest BCUT2D eigenvalue weighted by Gasteiger charge is -2.13. The van der Waals surface area contributed by atoms with E-state index < -0.39 is 11.7 Å². The minimum atomic E-state index is -0.532. The summed E-state index contributed by atoms with van der Waals surface area (Å²) < 4.78 is 15.2. The molecule has 0 radical (unpaired) electrons. The Morgan fingerprint density at radius 3 is 2.38 bits per heavy atom. The topological polar surface area (TPSA) is 57.8 Å². The number of nitriles is 1. The number of amides is 1. The molecule has 146 valence electrons. The third-order valence-corrected chi connectivity index (χ3v) is 4.83. The summed E-state index contributed by atoms with van der Waals surface area (Å²) in [6.07, 6.45) is 1.58. The number of nitrogens with zero attached hydrogens (tertiary/aromatic N) is 2. The molecule has 0 unspecified atom stereocenters. The second-order valence-electron chi connectivity index (χ2n) is 7.08. The van der Waals surface area contributed by atoms with Crippen LogP contribution in [0.5, 0.6) is 0 Å². The molecule has 3 rings (SSSR count). The van der Waals surface area contributed by atoms with Crippen LogP contribution in [0.2, 0.25) is 0 Å². The number of rotatable bonds is 4. The maximum absolute atomic E-state index is 13.0. The molecule has 5 heteroatoms. The van der Waals surface area contributed by atoms with Gasteiger partial charge in [-0.25, -0.2) is 4.39 Å². The normalized spacial score (nSPS) is 11.2. The number of aromatic nitrogens is 1. The van der Waals surface area contributed by atoms with Gasteiger partial charge in [-0.3, -0.25) is 4.79 Å². The molecule has 0 aliphatic carbocycles. The Hall–Kier alpha value is -3.65. The van der Waals surface area contributed by atoms with Crippen molar-refractivity contribution in [3.05, 3.63) is 88.0 Å². The summed E-state index contributed by atoms with van der Waals surface area (Å²) in [6.45, 7) is 8.08. The lowest BCUT2D eigenvalue weighted by molar-refractivity contribution is -0.112. The predicted molar refractivity (Wildman–Crippen MR) is 113 cm³/mol. The van der Waals surface area contributed by atoms with Crippen LogP contribution < -0.4 is 5.32 Å². The van der Waals surface area contributed by atoms with Crippen molar-refractivity contribution in [2.45, 2.75) is 27.7 Å². The van der Waals surface area contributed by atoms with Gasteiger partial charge in [0.1, 0.15) is 17.5 Å². The van der Waals surface area contributed by atoms with Crippen molar-refractivity contribution in [3.63, 3.8) is 0 Å². The van der Waals surface area contributed by atoms with Gasteiger partial charge >= 0.3 is 0 Å². The third-order valence-electron chi connectivity index (χ3n) is 4.83. The zero-order valence-electron chi connectivity index (χ0n) is 16.9. The Morgan fingerprint density at radius 2 is 1.76 bits per heavy atom. The summed E-state index contributed by atoms with van der Waals surface area (Å²) in [5.74, 6) is -0.923. The molecule has 0 atom stereocenters. The van der Waals surface area contributed by atoms with Gasteiger partial charge < -0.3 is 9.88 Å². The maximum Gasteiger partial charge on any atom is 0.266 e. The highest BCUT2D eigenvalue weighted by atomic mass is 19.1. The van der Waals surface area contributed by atoms with Crippen LogP contribution in [0.3, 0.4) is 0 Å². The number of anilines is 1. The summed E-state index contributed by atoms with van der Waals surface area (Å²) >= 11 is 0. The van der Waals surface area contributed by atoms with Gasteiger partial charge in [0.25, 0.3) is 5.91 Å². The van der Waals surface area contributed by atoms with Gasteiger partial charge in [-0.2, -0.15) is 5.26 Å². The van der Waals surface area contributed by atoms with Crippen LogP contribution in [0, 0.1) is 44.8 Å². The van der Waals surface area contributed by atoms with Gasteiger partial charge in [-0.15, -0.1) is 0 Å². The fraction of sp³-hybridized carbons (Fsp3) is 0.167. The first kappa shape index (κ1) is 20.1. The van der Waals surface area contributed by atoms with Crippen LogP contribution >= 0.6 is 0 Å². The second kappa shape index (κ2) is 8.15. The molecular weight excluding hydrogens is 365 g/mol. The number of aryl methyl sites for hydroxylation is 3. The van der Waals surface area contributed by atoms with Crippen molar-refractivity contribution in [1.29, 1.82) is 5.26 Å². The highest BCUT2D eigenvalue weighted by Crippen LogP contribution is 2.25. The first-order valence-electron chi connectivity index (χ1n) is 9.25. The minimum Gasteiger partial charge on any atom is -0.321 e. The smallest absolute Gasteiger partial charge is 0.266 e. The number of hydrogen-bond acceptors (Lipinski definition) is 2. The van der Waals surface area contributed by atoms with Crippen molar-refractivity contribution in [1.82, 2.24) is 4.57 Å². The number of halogens is 1. The summed E-state index contributed by atoms with van der Waals surface area (Å²) in [4.78, 5) is 12.5. The lowest BCUT2D eigenvalue weighted by atomic mass is 10.1. The predicted octanol–water partition coefficient (Wildman–Crippen LogP) is 5.40. The summed E-state index contributed by atoms with van der Waals surface area (Å²) in [5, 5.41) is 12.1. The van der Waals surface area contributed by atoms with Gasteiger partial charge in [0, 0.05) is 22.8 Å². The highest BCUT2D eigenvalue weighted by Gasteiger charge is 2.15. The van der Waals surface area contributed by atoms with E-state index in [2.05, 4.69) is 41.9 Å². The van der Waals surface area contributed by atoms with Crippen molar-refractivity contribution >= 4 is 17.7 Å². The van der Waals surface area contributed by atoms with Crippen LogP contribution in [-0.4, -0.2) is 10.5 Å². The molecule has 0 aliphatic heterocycles. The molecule has 0 fully saturated rings. The van der Waals surface area contributed by atoms with Crippen molar-refractivity contribution in [2.75, 3.05) is 5.32 Å². The average molecular weight is 387 g/mol. The van der Waals surface area contributed by atoms with Crippen molar-refractivity contribution < 1.29 is 9.18 Å². The molecule has 1 amide bonds. The SMILES string of the molecule is Cc1ccc(-n2c(C)cc(/C=C(/C#N)C(=O)Nc3ccc(F)cc3)c2C)c(C)c1. The van der Waals surface area contributed by atoms with E-state index in [4.69, 9.17) is 0 Å². The van der Waals surface area contributed by atoms with E-state index in [9.17, 15) is 14.4 Å². The van der Waals surface area contributed by atoms with Gasteiger partial charge in [0.05, 0.1) is 0 Å². The molecule has 0 spiro atoms. The Balaban J connectivity index is 1.95. The summed E-state index contributed by atoms with van der Waals surface area (Å²) in [7, 11) is 0. The highest BCUT2D eigenvalue weighted by molar-refractivity contribution is 6.09. The number of carbonyl (C=O) groups excluding carboxylic acids is 1. The van der Waals surface area contributed by atoms with Gasteiger partial charge in [-0.05, 0) is 81.3 Å². The van der Waals surface area contributed by atoms with Crippen molar-refractivity contribution in [2.24, 2.45) is 0 Å². The lowest BCUT2D eigenvalue weighted by Crippen LogP contribution is -2.13. The molecule has 0 saturated heterocycles. The van der Waals surface area contributed by atoms with E-state index in [-0.39, 0.29) is 5.57 Å². The fourth-order valence-corrected chi connectivity index (χ4v) is 3.40. The Labute approximate surface area is 169 Å². The third kappa shape index (κ3) is 4.27. The quantitative estimate of drug-likeness (QED) is 0.482. The van der Waals surface area contributed by atoms with Crippen LogP contribution in [0.4, 0.5) is 10.1 Å². The van der Waals surface area contributed by atoms with Gasteiger partial charge in [0.2, 0.25) is 0 Å². The van der Waals surface area contributed by atoms with E-state index >= 15 is 0 Å². The zero-order valence-corrected chi connectivity index (χ0v) is 16.9. The maximum atomic E-state index is 13.0. The molecule has 4 nitrogen and oxygen atoms in total. The molecule has 0 bridgehead atoms. The molecular formula is C24H22FN3O. The van der Waals surface area contributed by atoms with E-state index in [1.54, 1.807) is 6.08 Å². The minimum absolute atomic E-state index is 0.0183. The van der Waals surface area contributed by atoms with Gasteiger partial charge in [-0.1, -0.05) is 17.7 Å². The first-order chi connectivity index (χ1) is 13.8. The number of benzene rings is 2. The van der Waals surface area contributed by atoms with Crippen LogP contribution in [0.15, 0.2) is 54.1 Å².